The number of rotatable bonds is 2. The lowest BCUT2D eigenvalue weighted by Gasteiger charge is -2.41. The predicted octanol–water partition coefficient (Wildman–Crippen LogP) is 0.447. The fourth-order valence-electron chi connectivity index (χ4n) is 4.53. The average molecular weight is 323 g/mol. The van der Waals surface area contributed by atoms with Crippen LogP contribution in [-0.4, -0.2) is 82.5 Å². The summed E-state index contributed by atoms with van der Waals surface area (Å²) in [5.41, 5.74) is -0.346. The van der Waals surface area contributed by atoms with E-state index in [1.807, 2.05) is 4.90 Å². The van der Waals surface area contributed by atoms with Gasteiger partial charge in [-0.25, -0.2) is 0 Å². The molecule has 0 aromatic heterocycles. The van der Waals surface area contributed by atoms with Crippen molar-refractivity contribution in [2.24, 2.45) is 0 Å². The van der Waals surface area contributed by atoms with Gasteiger partial charge in [-0.1, -0.05) is 12.8 Å². The maximum absolute atomic E-state index is 13.4. The summed E-state index contributed by atoms with van der Waals surface area (Å²) in [6.07, 6.45) is 5.80. The highest BCUT2D eigenvalue weighted by Gasteiger charge is 2.49. The number of amides is 2. The molecule has 1 atom stereocenters. The summed E-state index contributed by atoms with van der Waals surface area (Å²) in [7, 11) is 0. The zero-order valence-electron chi connectivity index (χ0n) is 14.2. The van der Waals surface area contributed by atoms with Gasteiger partial charge in [0.25, 0.3) is 0 Å². The number of β-amino-alcohol motifs (C(OH)–C–C–N with tert-alkyl or cyclic N) is 1. The molecule has 2 amide bonds. The number of hydrogen-bond donors (Lipinski definition) is 1. The first-order chi connectivity index (χ1) is 11.0. The number of hydrogen-bond acceptors (Lipinski definition) is 4. The van der Waals surface area contributed by atoms with E-state index in [4.69, 9.17) is 0 Å². The molecule has 130 valence electrons. The summed E-state index contributed by atoms with van der Waals surface area (Å²) in [6, 6.07) is 0. The predicted molar refractivity (Wildman–Crippen MR) is 86.8 cm³/mol. The maximum Gasteiger partial charge on any atom is 0.243 e. The standard InChI is InChI=1S/C17H29N3O3/c1-14(21)18-10-11-19(13-15(22)12-18)16(23)17(6-2-3-7-17)20-8-4-5-9-20/h15,22H,2-13H2,1H3. The minimum atomic E-state index is -0.651. The molecule has 3 aliphatic rings. The summed E-state index contributed by atoms with van der Waals surface area (Å²) in [5, 5.41) is 10.2. The normalized spacial score (nSPS) is 28.9. The van der Waals surface area contributed by atoms with Gasteiger partial charge in [-0.15, -0.1) is 0 Å². The van der Waals surface area contributed by atoms with Gasteiger partial charge in [0.1, 0.15) is 5.54 Å². The molecule has 2 saturated heterocycles. The van der Waals surface area contributed by atoms with Crippen LogP contribution in [0.2, 0.25) is 0 Å². The van der Waals surface area contributed by atoms with Crippen LogP contribution in [-0.2, 0) is 9.59 Å². The lowest BCUT2D eigenvalue weighted by molar-refractivity contribution is -0.145. The van der Waals surface area contributed by atoms with Crippen molar-refractivity contribution >= 4 is 11.8 Å². The SMILES string of the molecule is CC(=O)N1CCN(C(=O)C2(N3CCCC3)CCCC2)CC(O)C1. The fraction of sp³-hybridized carbons (Fsp3) is 0.882. The summed E-state index contributed by atoms with van der Waals surface area (Å²) in [5.74, 6) is 0.148. The number of aliphatic hydroxyl groups is 1. The van der Waals surface area contributed by atoms with Gasteiger partial charge >= 0.3 is 0 Å². The highest BCUT2D eigenvalue weighted by atomic mass is 16.3. The zero-order chi connectivity index (χ0) is 16.4. The van der Waals surface area contributed by atoms with Crippen molar-refractivity contribution in [1.29, 1.82) is 0 Å². The number of likely N-dealkylation sites (tertiary alicyclic amines) is 1. The molecule has 6 nitrogen and oxygen atoms in total. The van der Waals surface area contributed by atoms with Crippen molar-refractivity contribution < 1.29 is 14.7 Å². The van der Waals surface area contributed by atoms with Crippen LogP contribution in [0.4, 0.5) is 0 Å². The third kappa shape index (κ3) is 3.24. The molecular weight excluding hydrogens is 294 g/mol. The Hall–Kier alpha value is -1.14. The van der Waals surface area contributed by atoms with Crippen molar-refractivity contribution in [3.8, 4) is 0 Å². The van der Waals surface area contributed by atoms with Gasteiger partial charge in [-0.3, -0.25) is 14.5 Å². The lowest BCUT2D eigenvalue weighted by atomic mass is 9.93. The van der Waals surface area contributed by atoms with Crippen molar-refractivity contribution in [2.45, 2.75) is 57.1 Å². The Labute approximate surface area is 138 Å². The van der Waals surface area contributed by atoms with Gasteiger partial charge < -0.3 is 14.9 Å². The smallest absolute Gasteiger partial charge is 0.243 e. The molecule has 6 heteroatoms. The van der Waals surface area contributed by atoms with E-state index < -0.39 is 6.10 Å². The molecule has 1 N–H and O–H groups in total. The second-order valence-electron chi connectivity index (χ2n) is 7.30. The van der Waals surface area contributed by atoms with Crippen LogP contribution in [0.25, 0.3) is 0 Å². The maximum atomic E-state index is 13.4. The number of carbonyl (C=O) groups is 2. The second kappa shape index (κ2) is 6.77. The van der Waals surface area contributed by atoms with Gasteiger partial charge in [-0.05, 0) is 38.8 Å². The summed E-state index contributed by atoms with van der Waals surface area (Å²) in [4.78, 5) is 30.8. The van der Waals surface area contributed by atoms with E-state index in [0.717, 1.165) is 38.8 Å². The van der Waals surface area contributed by atoms with Crippen LogP contribution >= 0.6 is 0 Å². The van der Waals surface area contributed by atoms with Crippen molar-refractivity contribution in [1.82, 2.24) is 14.7 Å². The second-order valence-corrected chi connectivity index (χ2v) is 7.30. The minimum absolute atomic E-state index is 0.0338. The Balaban J connectivity index is 1.76. The molecule has 0 aromatic carbocycles. The van der Waals surface area contributed by atoms with Crippen LogP contribution in [0.5, 0.6) is 0 Å². The van der Waals surface area contributed by atoms with Crippen LogP contribution in [0.1, 0.15) is 45.4 Å². The van der Waals surface area contributed by atoms with Crippen molar-refractivity contribution in [2.75, 3.05) is 39.3 Å². The molecule has 0 spiro atoms. The Morgan fingerprint density at radius 2 is 1.48 bits per heavy atom. The molecule has 1 aliphatic carbocycles. The van der Waals surface area contributed by atoms with Gasteiger partial charge in [0.15, 0.2) is 0 Å². The molecule has 2 heterocycles. The molecule has 0 aromatic rings. The van der Waals surface area contributed by atoms with Gasteiger partial charge in [-0.2, -0.15) is 0 Å². The third-order valence-electron chi connectivity index (χ3n) is 5.77. The molecule has 0 radical (unpaired) electrons. The van der Waals surface area contributed by atoms with E-state index in [0.29, 0.717) is 26.2 Å². The number of aliphatic hydroxyl groups excluding tert-OH is 1. The Morgan fingerprint density at radius 3 is 2.09 bits per heavy atom. The summed E-state index contributed by atoms with van der Waals surface area (Å²) < 4.78 is 0. The van der Waals surface area contributed by atoms with Gasteiger partial charge in [0.2, 0.25) is 11.8 Å². The van der Waals surface area contributed by atoms with Crippen LogP contribution in [0.3, 0.4) is 0 Å². The van der Waals surface area contributed by atoms with E-state index in [1.165, 1.54) is 19.8 Å². The van der Waals surface area contributed by atoms with Crippen LogP contribution in [0, 0.1) is 0 Å². The van der Waals surface area contributed by atoms with Gasteiger partial charge in [0, 0.05) is 33.1 Å². The van der Waals surface area contributed by atoms with E-state index in [9.17, 15) is 14.7 Å². The first-order valence-electron chi connectivity index (χ1n) is 9.01. The lowest BCUT2D eigenvalue weighted by Crippen LogP contribution is -2.58. The number of nitrogens with zero attached hydrogens (tertiary/aromatic N) is 3. The first kappa shape index (κ1) is 16.7. The quantitative estimate of drug-likeness (QED) is 0.801. The topological polar surface area (TPSA) is 64.1 Å². The van der Waals surface area contributed by atoms with E-state index in [2.05, 4.69) is 4.90 Å². The van der Waals surface area contributed by atoms with Gasteiger partial charge in [0.05, 0.1) is 6.10 Å². The molecule has 2 aliphatic heterocycles. The molecule has 23 heavy (non-hydrogen) atoms. The molecule has 0 bridgehead atoms. The molecular formula is C17H29N3O3. The first-order valence-corrected chi connectivity index (χ1v) is 9.01. The number of carbonyl (C=O) groups excluding carboxylic acids is 2. The fourth-order valence-corrected chi connectivity index (χ4v) is 4.53. The van der Waals surface area contributed by atoms with E-state index >= 15 is 0 Å². The highest BCUT2D eigenvalue weighted by molar-refractivity contribution is 5.87. The van der Waals surface area contributed by atoms with Crippen LogP contribution in [0.15, 0.2) is 0 Å². The van der Waals surface area contributed by atoms with E-state index in [-0.39, 0.29) is 17.4 Å². The zero-order valence-corrected chi connectivity index (χ0v) is 14.2. The Kier molecular flexibility index (Phi) is 4.92. The van der Waals surface area contributed by atoms with Crippen LogP contribution < -0.4 is 0 Å². The molecule has 3 rings (SSSR count). The summed E-state index contributed by atoms with van der Waals surface area (Å²) >= 11 is 0. The monoisotopic (exact) mass is 323 g/mol. The molecule has 3 fully saturated rings. The van der Waals surface area contributed by atoms with Crippen molar-refractivity contribution in [3.63, 3.8) is 0 Å². The van der Waals surface area contributed by atoms with Crippen molar-refractivity contribution in [3.05, 3.63) is 0 Å². The average Bonchev–Trinajstić information content (AvgIpc) is 3.17. The largest absolute Gasteiger partial charge is 0.389 e. The third-order valence-corrected chi connectivity index (χ3v) is 5.77. The van der Waals surface area contributed by atoms with E-state index in [1.54, 1.807) is 4.90 Å². The highest BCUT2D eigenvalue weighted by Crippen LogP contribution is 2.39. The molecule has 1 saturated carbocycles. The molecule has 1 unspecified atom stereocenters. The summed E-state index contributed by atoms with van der Waals surface area (Å²) in [6.45, 7) is 5.28. The minimum Gasteiger partial charge on any atom is -0.389 e. The Bertz CT molecular complexity index is 456. The Morgan fingerprint density at radius 1 is 0.913 bits per heavy atom.